The summed E-state index contributed by atoms with van der Waals surface area (Å²) in [4.78, 5) is 24.1. The summed E-state index contributed by atoms with van der Waals surface area (Å²) < 4.78 is 69.1. The lowest BCUT2D eigenvalue weighted by Gasteiger charge is -2.62. The third kappa shape index (κ3) is 7.98. The van der Waals surface area contributed by atoms with Crippen molar-refractivity contribution in [2.75, 3.05) is 13.2 Å². The number of ether oxygens (including phenoxy) is 1. The molecule has 4 aliphatic carbocycles. The maximum Gasteiger partial charge on any atom is 0.453 e. The van der Waals surface area contributed by atoms with Gasteiger partial charge < -0.3 is 15.2 Å². The first-order valence-corrected chi connectivity index (χ1v) is 17.2. The van der Waals surface area contributed by atoms with Gasteiger partial charge in [-0.15, -0.1) is 0 Å². The molecule has 4 saturated carbocycles. The molecule has 8 atom stereocenters. The number of Topliss-reactive ketones (excluding diaryl/α,β-unsaturated/α-hetero) is 1. The average Bonchev–Trinajstić information content (AvgIpc) is 3.24. The van der Waals surface area contributed by atoms with Crippen LogP contribution in [-0.4, -0.2) is 54.3 Å². The van der Waals surface area contributed by atoms with E-state index < -0.39 is 30.8 Å². The molecule has 254 valence electrons. The van der Waals surface area contributed by atoms with Crippen LogP contribution in [0, 0.1) is 34.5 Å². The van der Waals surface area contributed by atoms with Crippen molar-refractivity contribution in [3.63, 3.8) is 0 Å². The first-order chi connectivity index (χ1) is 20.7. The Balaban J connectivity index is 1.11. The van der Waals surface area contributed by atoms with Gasteiger partial charge in [0.1, 0.15) is 5.78 Å². The van der Waals surface area contributed by atoms with Gasteiger partial charge in [-0.3, -0.25) is 9.59 Å². The zero-order chi connectivity index (χ0) is 32.2. The topological polar surface area (TPSA) is 75.6 Å². The van der Waals surface area contributed by atoms with E-state index in [0.717, 1.165) is 89.9 Å². The smallest absolute Gasteiger partial charge is 0.393 e. The second kappa shape index (κ2) is 14.6. The number of rotatable bonds is 15. The van der Waals surface area contributed by atoms with Crippen LogP contribution in [0.5, 0.6) is 0 Å². The third-order valence-electron chi connectivity index (χ3n) is 12.1. The Morgan fingerprint density at radius 3 is 2.32 bits per heavy atom. The number of alkyl halides is 5. The summed E-state index contributed by atoms with van der Waals surface area (Å²) in [6.45, 7) is 5.82. The number of aliphatic hydroxyl groups is 1. The maximum absolute atomic E-state index is 12.9. The van der Waals surface area contributed by atoms with E-state index in [1.165, 1.54) is 0 Å². The number of carbonyl (C=O) groups is 2. The minimum atomic E-state index is -5.58. The minimum Gasteiger partial charge on any atom is -0.393 e. The van der Waals surface area contributed by atoms with E-state index in [9.17, 15) is 36.6 Å². The molecule has 0 aromatic heterocycles. The van der Waals surface area contributed by atoms with Crippen LogP contribution in [0.4, 0.5) is 22.0 Å². The average molecular weight is 636 g/mol. The van der Waals surface area contributed by atoms with Crippen LogP contribution < -0.4 is 5.32 Å². The molecule has 0 spiro atoms. The molecule has 0 saturated heterocycles. The van der Waals surface area contributed by atoms with Crippen LogP contribution in [0.2, 0.25) is 0 Å². The van der Waals surface area contributed by atoms with Gasteiger partial charge in [-0.05, 0) is 92.3 Å². The van der Waals surface area contributed by atoms with E-state index in [1.807, 2.05) is 0 Å². The number of unbranched alkanes of at least 4 members (excludes halogenated alkanes) is 6. The standard InChI is InChI=1S/C34H54F5NO4/c1-31-18-16-24(41)21-23(31)12-13-25-26-14-15-28(42)32(26,2)22-27(30(25)31)44-20-9-7-5-3-4-6-8-19-40-29(43)11-10-17-33(35,36)34(37,38)39/h23,25-28,30,42H,3-22H2,1-2H3,(H,40,43)/t23-,25-,26-,27-,28-,30+,31-,32-/m0/s1. The minimum absolute atomic E-state index is 0.0826. The molecule has 4 rings (SSSR count). The highest BCUT2D eigenvalue weighted by atomic mass is 19.4. The summed E-state index contributed by atoms with van der Waals surface area (Å²) in [7, 11) is 0. The third-order valence-corrected chi connectivity index (χ3v) is 12.1. The highest BCUT2D eigenvalue weighted by molar-refractivity contribution is 5.79. The first kappa shape index (κ1) is 35.6. The van der Waals surface area contributed by atoms with Crippen molar-refractivity contribution < 1.29 is 41.4 Å². The second-order valence-corrected chi connectivity index (χ2v) is 14.9. The summed E-state index contributed by atoms with van der Waals surface area (Å²) >= 11 is 0. The number of nitrogens with one attached hydrogen (secondary N) is 1. The van der Waals surface area contributed by atoms with Gasteiger partial charge in [-0.25, -0.2) is 0 Å². The van der Waals surface area contributed by atoms with Crippen LogP contribution in [0.1, 0.15) is 129 Å². The molecular formula is C34H54F5NO4. The predicted molar refractivity (Wildman–Crippen MR) is 158 cm³/mol. The number of hydrogen-bond donors (Lipinski definition) is 2. The lowest BCUT2D eigenvalue weighted by atomic mass is 9.44. The Hall–Kier alpha value is -1.29. The normalized spacial score (nSPS) is 35.6. The van der Waals surface area contributed by atoms with Crippen molar-refractivity contribution in [1.29, 1.82) is 0 Å². The number of ketones is 1. The molecule has 44 heavy (non-hydrogen) atoms. The Bertz CT molecular complexity index is 976. The summed E-state index contributed by atoms with van der Waals surface area (Å²) in [5, 5.41) is 13.6. The fourth-order valence-corrected chi connectivity index (χ4v) is 9.54. The van der Waals surface area contributed by atoms with E-state index >= 15 is 0 Å². The fourth-order valence-electron chi connectivity index (χ4n) is 9.54. The molecule has 1 amide bonds. The van der Waals surface area contributed by atoms with Crippen molar-refractivity contribution in [2.24, 2.45) is 34.5 Å². The van der Waals surface area contributed by atoms with E-state index in [2.05, 4.69) is 19.2 Å². The molecule has 10 heteroatoms. The van der Waals surface area contributed by atoms with Gasteiger partial charge >= 0.3 is 12.1 Å². The Morgan fingerprint density at radius 1 is 0.932 bits per heavy atom. The van der Waals surface area contributed by atoms with Gasteiger partial charge in [-0.2, -0.15) is 22.0 Å². The summed E-state index contributed by atoms with van der Waals surface area (Å²) in [6.07, 6.45) is 6.48. The van der Waals surface area contributed by atoms with Gasteiger partial charge in [0.2, 0.25) is 5.91 Å². The zero-order valence-electron chi connectivity index (χ0n) is 26.7. The Kier molecular flexibility index (Phi) is 11.8. The number of fused-ring (bicyclic) bond motifs is 5. The van der Waals surface area contributed by atoms with Crippen LogP contribution in [0.3, 0.4) is 0 Å². The Labute approximate surface area is 259 Å². The molecule has 5 nitrogen and oxygen atoms in total. The molecule has 0 bridgehead atoms. The van der Waals surface area contributed by atoms with Gasteiger partial charge in [0.05, 0.1) is 12.2 Å². The molecule has 4 aliphatic rings. The van der Waals surface area contributed by atoms with Crippen molar-refractivity contribution >= 4 is 11.7 Å². The quantitative estimate of drug-likeness (QED) is 0.141. The van der Waals surface area contributed by atoms with Crippen LogP contribution in [0.15, 0.2) is 0 Å². The second-order valence-electron chi connectivity index (χ2n) is 14.9. The zero-order valence-corrected chi connectivity index (χ0v) is 26.7. The van der Waals surface area contributed by atoms with E-state index in [0.29, 0.717) is 49.0 Å². The largest absolute Gasteiger partial charge is 0.453 e. The van der Waals surface area contributed by atoms with Crippen molar-refractivity contribution in [3.05, 3.63) is 0 Å². The van der Waals surface area contributed by atoms with Gasteiger partial charge in [-0.1, -0.05) is 46.0 Å². The van der Waals surface area contributed by atoms with Gasteiger partial charge in [0.15, 0.2) is 0 Å². The van der Waals surface area contributed by atoms with Crippen LogP contribution in [-0.2, 0) is 14.3 Å². The van der Waals surface area contributed by atoms with Gasteiger partial charge in [0.25, 0.3) is 0 Å². The van der Waals surface area contributed by atoms with Crippen molar-refractivity contribution in [3.8, 4) is 0 Å². The SMILES string of the molecule is C[C@]12CCC(=O)C[C@@H]1CC[C@@H]1[C@@H]2[C@@H](OCCCCCCCCCNC(=O)CCCC(F)(F)C(F)(F)F)C[C@]2(C)[C@@H](O)CC[C@@H]12. The van der Waals surface area contributed by atoms with Crippen molar-refractivity contribution in [2.45, 2.75) is 154 Å². The van der Waals surface area contributed by atoms with E-state index in [4.69, 9.17) is 4.74 Å². The molecule has 4 fully saturated rings. The van der Waals surface area contributed by atoms with Crippen molar-refractivity contribution in [1.82, 2.24) is 5.32 Å². The molecule has 0 aliphatic heterocycles. The molecule has 0 radical (unpaired) electrons. The lowest BCUT2D eigenvalue weighted by Crippen LogP contribution is -2.60. The molecule has 0 unspecified atom stereocenters. The summed E-state index contributed by atoms with van der Waals surface area (Å²) in [5.74, 6) is -2.81. The monoisotopic (exact) mass is 635 g/mol. The predicted octanol–water partition coefficient (Wildman–Crippen LogP) is 8.17. The number of hydrogen-bond acceptors (Lipinski definition) is 4. The van der Waals surface area contributed by atoms with Crippen LogP contribution in [0.25, 0.3) is 0 Å². The summed E-state index contributed by atoms with van der Waals surface area (Å²) in [6, 6.07) is 0. The molecule has 0 aromatic rings. The molecule has 2 N–H and O–H groups in total. The lowest BCUT2D eigenvalue weighted by molar-refractivity contribution is -0.284. The van der Waals surface area contributed by atoms with Gasteiger partial charge in [0, 0.05) is 38.8 Å². The molecule has 0 heterocycles. The summed E-state index contributed by atoms with van der Waals surface area (Å²) in [5.41, 5.74) is 0.0540. The van der Waals surface area contributed by atoms with E-state index in [-0.39, 0.29) is 29.5 Å². The molecular weight excluding hydrogens is 581 g/mol. The maximum atomic E-state index is 12.9. The first-order valence-electron chi connectivity index (χ1n) is 17.2. The number of aliphatic hydroxyl groups excluding tert-OH is 1. The fraction of sp³-hybridized carbons (Fsp3) is 0.941. The van der Waals surface area contributed by atoms with E-state index in [1.54, 1.807) is 0 Å². The van der Waals surface area contributed by atoms with Crippen LogP contribution >= 0.6 is 0 Å². The Morgan fingerprint density at radius 2 is 1.61 bits per heavy atom. The number of halogens is 5. The highest BCUT2D eigenvalue weighted by Crippen LogP contribution is 2.66. The number of carbonyl (C=O) groups excluding carboxylic acids is 2. The number of amides is 1. The molecule has 0 aromatic carbocycles. The highest BCUT2D eigenvalue weighted by Gasteiger charge is 2.63.